The summed E-state index contributed by atoms with van der Waals surface area (Å²) < 4.78 is 2.26. The number of rotatable bonds is 6. The Hall–Kier alpha value is -3.07. The van der Waals surface area contributed by atoms with E-state index >= 15 is 0 Å². The average Bonchev–Trinajstić information content (AvgIpc) is 3.00. The van der Waals surface area contributed by atoms with Crippen LogP contribution in [0, 0.1) is 6.92 Å². The highest BCUT2D eigenvalue weighted by atomic mass is 16.6. The van der Waals surface area contributed by atoms with Crippen LogP contribution in [0.1, 0.15) is 18.2 Å². The van der Waals surface area contributed by atoms with E-state index in [0.29, 0.717) is 6.61 Å². The fourth-order valence-electron chi connectivity index (χ4n) is 2.94. The summed E-state index contributed by atoms with van der Waals surface area (Å²) in [6, 6.07) is 22.9. The lowest BCUT2D eigenvalue weighted by Crippen LogP contribution is -2.02. The van der Waals surface area contributed by atoms with Gasteiger partial charge in [-0.2, -0.15) is 0 Å². The first kappa shape index (κ1) is 16.8. The van der Waals surface area contributed by atoms with E-state index in [9.17, 15) is 0 Å². The molecule has 0 radical (unpaired) electrons. The van der Waals surface area contributed by atoms with E-state index < -0.39 is 0 Å². The molecular formula is C22H22N2O. The van der Waals surface area contributed by atoms with Gasteiger partial charge in [-0.1, -0.05) is 66.3 Å². The molecule has 0 aliphatic rings. The third kappa shape index (κ3) is 3.56. The van der Waals surface area contributed by atoms with Crippen LogP contribution in [0.4, 0.5) is 0 Å². The molecule has 0 atom stereocenters. The number of benzene rings is 2. The predicted molar refractivity (Wildman–Crippen MR) is 104 cm³/mol. The van der Waals surface area contributed by atoms with E-state index in [1.54, 1.807) is 6.08 Å². The van der Waals surface area contributed by atoms with Crippen molar-refractivity contribution < 1.29 is 4.84 Å². The third-order valence-corrected chi connectivity index (χ3v) is 4.11. The molecule has 3 nitrogen and oxygen atoms in total. The quantitative estimate of drug-likeness (QED) is 0.258. The van der Waals surface area contributed by atoms with E-state index in [4.69, 9.17) is 4.84 Å². The highest BCUT2D eigenvalue weighted by Crippen LogP contribution is 2.29. The standard InChI is InChI=1S/C22H22N2O/c1-4-15-25-23-17(2)21-16-22(19-11-7-5-8-12-19)24(18(21)3)20-13-9-6-10-14-20/h4-14,16H,1,15H2,2-3H3/b23-17+. The third-order valence-electron chi connectivity index (χ3n) is 4.11. The molecule has 0 spiro atoms. The SMILES string of the molecule is C=CCO/N=C(\C)c1cc(-c2ccccc2)n(-c2ccccc2)c1C. The second-order valence-electron chi connectivity index (χ2n) is 5.83. The molecular weight excluding hydrogens is 308 g/mol. The van der Waals surface area contributed by atoms with Crippen LogP contribution in [0.2, 0.25) is 0 Å². The van der Waals surface area contributed by atoms with Crippen molar-refractivity contribution >= 4 is 5.71 Å². The van der Waals surface area contributed by atoms with Crippen LogP contribution < -0.4 is 0 Å². The number of hydrogen-bond donors (Lipinski definition) is 0. The van der Waals surface area contributed by atoms with Crippen LogP contribution in [-0.4, -0.2) is 16.9 Å². The van der Waals surface area contributed by atoms with Crippen LogP contribution in [0.3, 0.4) is 0 Å². The average molecular weight is 330 g/mol. The van der Waals surface area contributed by atoms with E-state index in [1.807, 2.05) is 19.1 Å². The van der Waals surface area contributed by atoms with E-state index in [-0.39, 0.29) is 0 Å². The van der Waals surface area contributed by atoms with Gasteiger partial charge in [0.05, 0.1) is 11.4 Å². The summed E-state index contributed by atoms with van der Waals surface area (Å²) in [7, 11) is 0. The van der Waals surface area contributed by atoms with E-state index in [0.717, 1.165) is 28.4 Å². The summed E-state index contributed by atoms with van der Waals surface area (Å²) in [6.07, 6.45) is 1.69. The second kappa shape index (κ2) is 7.67. The summed E-state index contributed by atoms with van der Waals surface area (Å²) in [6.45, 7) is 8.13. The van der Waals surface area contributed by atoms with Gasteiger partial charge in [0, 0.05) is 16.9 Å². The molecule has 25 heavy (non-hydrogen) atoms. The number of nitrogens with zero attached hydrogens (tertiary/aromatic N) is 2. The van der Waals surface area contributed by atoms with Crippen molar-refractivity contribution in [2.75, 3.05) is 6.61 Å². The minimum absolute atomic E-state index is 0.404. The predicted octanol–water partition coefficient (Wildman–Crippen LogP) is 5.38. The zero-order valence-electron chi connectivity index (χ0n) is 14.6. The maximum atomic E-state index is 5.28. The van der Waals surface area contributed by atoms with Gasteiger partial charge >= 0.3 is 0 Å². The minimum atomic E-state index is 0.404. The van der Waals surface area contributed by atoms with Crippen molar-refractivity contribution in [2.24, 2.45) is 5.16 Å². The molecule has 0 amide bonds. The molecule has 3 aromatic rings. The van der Waals surface area contributed by atoms with Crippen molar-refractivity contribution in [3.63, 3.8) is 0 Å². The molecule has 0 bridgehead atoms. The zero-order chi connectivity index (χ0) is 17.6. The molecule has 0 aliphatic carbocycles. The summed E-state index contributed by atoms with van der Waals surface area (Å²) in [5, 5.41) is 4.22. The Bertz CT molecular complexity index is 877. The lowest BCUT2D eigenvalue weighted by atomic mass is 10.1. The van der Waals surface area contributed by atoms with Crippen molar-refractivity contribution in [2.45, 2.75) is 13.8 Å². The molecule has 3 rings (SSSR count). The highest BCUT2D eigenvalue weighted by Gasteiger charge is 2.16. The summed E-state index contributed by atoms with van der Waals surface area (Å²) in [5.74, 6) is 0. The van der Waals surface area contributed by atoms with Crippen LogP contribution in [-0.2, 0) is 4.84 Å². The maximum Gasteiger partial charge on any atom is 0.135 e. The lowest BCUT2D eigenvalue weighted by molar-refractivity contribution is 0.175. The van der Waals surface area contributed by atoms with Crippen molar-refractivity contribution in [3.05, 3.63) is 90.6 Å². The molecule has 0 fully saturated rings. The first-order valence-electron chi connectivity index (χ1n) is 8.33. The summed E-state index contributed by atoms with van der Waals surface area (Å²) >= 11 is 0. The smallest absolute Gasteiger partial charge is 0.135 e. The normalized spacial score (nSPS) is 11.4. The van der Waals surface area contributed by atoms with E-state index in [1.165, 1.54) is 5.56 Å². The fraction of sp³-hybridized carbons (Fsp3) is 0.136. The van der Waals surface area contributed by atoms with Gasteiger partial charge in [-0.3, -0.25) is 0 Å². The largest absolute Gasteiger partial charge is 0.391 e. The van der Waals surface area contributed by atoms with Crippen LogP contribution in [0.25, 0.3) is 16.9 Å². The van der Waals surface area contributed by atoms with Gasteiger partial charge in [0.25, 0.3) is 0 Å². The van der Waals surface area contributed by atoms with Crippen molar-refractivity contribution in [1.82, 2.24) is 4.57 Å². The zero-order valence-corrected chi connectivity index (χ0v) is 14.6. The Morgan fingerprint density at radius 1 is 1.08 bits per heavy atom. The van der Waals surface area contributed by atoms with Gasteiger partial charge in [-0.15, -0.1) is 0 Å². The van der Waals surface area contributed by atoms with Crippen LogP contribution >= 0.6 is 0 Å². The highest BCUT2D eigenvalue weighted by molar-refractivity contribution is 6.01. The topological polar surface area (TPSA) is 26.5 Å². The molecule has 1 heterocycles. The monoisotopic (exact) mass is 330 g/mol. The van der Waals surface area contributed by atoms with Gasteiger partial charge in [0.15, 0.2) is 0 Å². The summed E-state index contributed by atoms with van der Waals surface area (Å²) in [5.41, 5.74) is 6.49. The fourth-order valence-corrected chi connectivity index (χ4v) is 2.94. The summed E-state index contributed by atoms with van der Waals surface area (Å²) in [4.78, 5) is 5.28. The molecule has 2 aromatic carbocycles. The molecule has 0 aliphatic heterocycles. The first-order chi connectivity index (χ1) is 12.2. The molecule has 3 heteroatoms. The molecule has 0 unspecified atom stereocenters. The number of para-hydroxylation sites is 1. The Kier molecular flexibility index (Phi) is 5.14. The van der Waals surface area contributed by atoms with Crippen molar-refractivity contribution in [3.8, 4) is 16.9 Å². The minimum Gasteiger partial charge on any atom is -0.391 e. The van der Waals surface area contributed by atoms with Gasteiger partial charge in [0.1, 0.15) is 6.61 Å². The van der Waals surface area contributed by atoms with Gasteiger partial charge in [-0.25, -0.2) is 0 Å². The lowest BCUT2D eigenvalue weighted by Gasteiger charge is -2.12. The maximum absolute atomic E-state index is 5.28. The first-order valence-corrected chi connectivity index (χ1v) is 8.33. The Balaban J connectivity index is 2.15. The van der Waals surface area contributed by atoms with Gasteiger partial charge in [0.2, 0.25) is 0 Å². The molecule has 0 N–H and O–H groups in total. The molecule has 1 aromatic heterocycles. The molecule has 126 valence electrons. The van der Waals surface area contributed by atoms with Gasteiger partial charge < -0.3 is 9.40 Å². The second-order valence-corrected chi connectivity index (χ2v) is 5.83. The Morgan fingerprint density at radius 3 is 2.36 bits per heavy atom. The molecule has 0 saturated heterocycles. The van der Waals surface area contributed by atoms with Gasteiger partial charge in [-0.05, 0) is 37.6 Å². The van der Waals surface area contributed by atoms with E-state index in [2.05, 4.69) is 77.8 Å². The van der Waals surface area contributed by atoms with Crippen molar-refractivity contribution in [1.29, 1.82) is 0 Å². The molecule has 0 saturated carbocycles. The number of hydrogen-bond acceptors (Lipinski definition) is 2. The number of oxime groups is 1. The Labute approximate surface area is 148 Å². The van der Waals surface area contributed by atoms with Crippen LogP contribution in [0.5, 0.6) is 0 Å². The Morgan fingerprint density at radius 2 is 1.72 bits per heavy atom. The number of aromatic nitrogens is 1. The van der Waals surface area contributed by atoms with Crippen LogP contribution in [0.15, 0.2) is 84.5 Å².